The Morgan fingerprint density at radius 2 is 2.00 bits per heavy atom. The van der Waals surface area contributed by atoms with Crippen LogP contribution in [-0.4, -0.2) is 11.8 Å². The first-order valence-corrected chi connectivity index (χ1v) is 9.18. The molecule has 3 rings (SSSR count). The largest absolute Gasteiger partial charge is 0.307 e. The van der Waals surface area contributed by atoms with Crippen molar-refractivity contribution >= 4 is 23.4 Å². The zero-order valence-electron chi connectivity index (χ0n) is 12.4. The van der Waals surface area contributed by atoms with Crippen molar-refractivity contribution < 1.29 is 0 Å². The van der Waals surface area contributed by atoms with Gasteiger partial charge >= 0.3 is 0 Å². The molecular weight excluding hydrogens is 286 g/mol. The number of benzene rings is 1. The molecule has 2 aliphatic rings. The minimum Gasteiger partial charge on any atom is -0.307 e. The normalized spacial score (nSPS) is 33.8. The van der Waals surface area contributed by atoms with E-state index in [0.29, 0.717) is 12.1 Å². The summed E-state index contributed by atoms with van der Waals surface area (Å²) in [4.78, 5) is 1.41. The first-order valence-electron chi connectivity index (χ1n) is 7.82. The summed E-state index contributed by atoms with van der Waals surface area (Å²) in [6.07, 6.45) is 5.23. The lowest BCUT2D eigenvalue weighted by atomic mass is 9.79. The molecule has 1 saturated carbocycles. The van der Waals surface area contributed by atoms with Crippen molar-refractivity contribution in [2.45, 2.75) is 56.5 Å². The van der Waals surface area contributed by atoms with Gasteiger partial charge in [0, 0.05) is 22.0 Å². The van der Waals surface area contributed by atoms with Crippen molar-refractivity contribution in [3.8, 4) is 0 Å². The van der Waals surface area contributed by atoms with Crippen LogP contribution in [0.3, 0.4) is 0 Å². The summed E-state index contributed by atoms with van der Waals surface area (Å²) in [5.74, 6) is 2.94. The molecule has 1 aromatic carbocycles. The van der Waals surface area contributed by atoms with E-state index in [-0.39, 0.29) is 0 Å². The molecule has 0 radical (unpaired) electrons. The van der Waals surface area contributed by atoms with Crippen molar-refractivity contribution in [1.82, 2.24) is 5.32 Å². The van der Waals surface area contributed by atoms with E-state index in [1.807, 2.05) is 17.8 Å². The van der Waals surface area contributed by atoms with E-state index in [0.717, 1.165) is 16.9 Å². The van der Waals surface area contributed by atoms with Gasteiger partial charge in [-0.05, 0) is 67.0 Å². The first kappa shape index (κ1) is 14.7. The molecule has 4 atom stereocenters. The maximum absolute atomic E-state index is 6.19. The van der Waals surface area contributed by atoms with Crippen LogP contribution in [0.5, 0.6) is 0 Å². The minimum atomic E-state index is 0.496. The van der Waals surface area contributed by atoms with E-state index in [1.165, 1.54) is 41.9 Å². The van der Waals surface area contributed by atoms with Crippen LogP contribution in [-0.2, 0) is 0 Å². The highest BCUT2D eigenvalue weighted by atomic mass is 35.5. The molecule has 0 spiro atoms. The molecule has 0 aromatic heterocycles. The maximum atomic E-state index is 6.19. The van der Waals surface area contributed by atoms with E-state index in [1.54, 1.807) is 0 Å². The highest BCUT2D eigenvalue weighted by Gasteiger charge is 2.28. The molecule has 1 aliphatic carbocycles. The minimum absolute atomic E-state index is 0.496. The van der Waals surface area contributed by atoms with Gasteiger partial charge in [-0.2, -0.15) is 0 Å². The van der Waals surface area contributed by atoms with Gasteiger partial charge in [-0.15, -0.1) is 11.8 Å². The van der Waals surface area contributed by atoms with Crippen LogP contribution in [0, 0.1) is 11.8 Å². The summed E-state index contributed by atoms with van der Waals surface area (Å²) in [6, 6.07) is 7.54. The second-order valence-electron chi connectivity index (χ2n) is 6.50. The third-order valence-electron chi connectivity index (χ3n) is 5.05. The summed E-state index contributed by atoms with van der Waals surface area (Å²) in [6.45, 7) is 4.80. The molecule has 0 bridgehead atoms. The molecule has 0 amide bonds. The zero-order chi connectivity index (χ0) is 14.1. The predicted molar refractivity (Wildman–Crippen MR) is 88.6 cm³/mol. The van der Waals surface area contributed by atoms with Crippen LogP contribution in [0.2, 0.25) is 5.02 Å². The Hall–Kier alpha value is -0.180. The lowest BCUT2D eigenvalue weighted by Gasteiger charge is -2.36. The number of fused-ring (bicyclic) bond motifs is 1. The molecule has 1 aliphatic heterocycles. The molecule has 1 fully saturated rings. The number of hydrogen-bond donors (Lipinski definition) is 1. The van der Waals surface area contributed by atoms with Crippen molar-refractivity contribution in [2.75, 3.05) is 5.75 Å². The number of thioether (sulfide) groups is 1. The summed E-state index contributed by atoms with van der Waals surface area (Å²) < 4.78 is 0. The van der Waals surface area contributed by atoms with Gasteiger partial charge in [0.25, 0.3) is 0 Å². The van der Waals surface area contributed by atoms with E-state index in [9.17, 15) is 0 Å². The number of rotatable bonds is 2. The van der Waals surface area contributed by atoms with Gasteiger partial charge in [0.15, 0.2) is 0 Å². The Bertz CT molecular complexity index is 476. The van der Waals surface area contributed by atoms with Crippen LogP contribution >= 0.6 is 23.4 Å². The second kappa shape index (κ2) is 6.29. The van der Waals surface area contributed by atoms with Crippen LogP contribution in [0.25, 0.3) is 0 Å². The quantitative estimate of drug-likeness (QED) is 0.796. The second-order valence-corrected chi connectivity index (χ2v) is 8.08. The Labute approximate surface area is 131 Å². The predicted octanol–water partition coefficient (Wildman–Crippen LogP) is 5.29. The highest BCUT2D eigenvalue weighted by Crippen LogP contribution is 2.39. The fourth-order valence-corrected chi connectivity index (χ4v) is 4.81. The van der Waals surface area contributed by atoms with Crippen molar-refractivity contribution in [3.63, 3.8) is 0 Å². The van der Waals surface area contributed by atoms with Crippen molar-refractivity contribution in [3.05, 3.63) is 28.8 Å². The molecule has 3 heteroatoms. The van der Waals surface area contributed by atoms with Crippen LogP contribution < -0.4 is 5.32 Å². The fraction of sp³-hybridized carbons (Fsp3) is 0.647. The van der Waals surface area contributed by atoms with Gasteiger partial charge in [-0.25, -0.2) is 0 Å². The van der Waals surface area contributed by atoms with E-state index in [4.69, 9.17) is 11.6 Å². The molecule has 20 heavy (non-hydrogen) atoms. The number of nitrogens with one attached hydrogen (secondary N) is 1. The van der Waals surface area contributed by atoms with Crippen LogP contribution in [0.4, 0.5) is 0 Å². The van der Waals surface area contributed by atoms with E-state index < -0.39 is 0 Å². The van der Waals surface area contributed by atoms with E-state index in [2.05, 4.69) is 31.3 Å². The summed E-state index contributed by atoms with van der Waals surface area (Å²) in [7, 11) is 0. The Morgan fingerprint density at radius 3 is 2.80 bits per heavy atom. The van der Waals surface area contributed by atoms with Gasteiger partial charge in [-0.1, -0.05) is 25.4 Å². The smallest absolute Gasteiger partial charge is 0.0410 e. The van der Waals surface area contributed by atoms with Crippen LogP contribution in [0.1, 0.15) is 51.1 Å². The summed E-state index contributed by atoms with van der Waals surface area (Å²) in [5.41, 5.74) is 1.42. The van der Waals surface area contributed by atoms with Gasteiger partial charge in [0.2, 0.25) is 0 Å². The molecule has 4 unspecified atom stereocenters. The molecule has 1 nitrogen and oxygen atoms in total. The lowest BCUT2D eigenvalue weighted by molar-refractivity contribution is 0.213. The SMILES string of the molecule is CC1CCC(NC2CCSc3ccc(Cl)cc32)CC1C. The number of halogens is 1. The average Bonchev–Trinajstić information content (AvgIpc) is 2.44. The van der Waals surface area contributed by atoms with Gasteiger partial charge < -0.3 is 5.32 Å². The van der Waals surface area contributed by atoms with E-state index >= 15 is 0 Å². The topological polar surface area (TPSA) is 12.0 Å². The zero-order valence-corrected chi connectivity index (χ0v) is 13.9. The maximum Gasteiger partial charge on any atom is 0.0410 e. The molecule has 1 aromatic rings. The Morgan fingerprint density at radius 1 is 1.15 bits per heavy atom. The molecule has 1 heterocycles. The number of hydrogen-bond acceptors (Lipinski definition) is 2. The molecular formula is C17H24ClNS. The summed E-state index contributed by atoms with van der Waals surface area (Å²) in [5, 5.41) is 4.78. The van der Waals surface area contributed by atoms with Gasteiger partial charge in [0.05, 0.1) is 0 Å². The van der Waals surface area contributed by atoms with Gasteiger partial charge in [-0.3, -0.25) is 0 Å². The third-order valence-corrected chi connectivity index (χ3v) is 6.40. The standard InChI is InChI=1S/C17H24ClNS/c1-11-3-5-14(9-12(11)2)19-16-7-8-20-17-6-4-13(18)10-15(16)17/h4,6,10-12,14,16,19H,3,5,7-9H2,1-2H3. The Kier molecular flexibility index (Phi) is 4.64. The highest BCUT2D eigenvalue weighted by molar-refractivity contribution is 7.99. The Balaban J connectivity index is 1.71. The molecule has 1 N–H and O–H groups in total. The fourth-order valence-electron chi connectivity index (χ4n) is 3.52. The third kappa shape index (κ3) is 3.18. The van der Waals surface area contributed by atoms with Crippen molar-refractivity contribution in [2.24, 2.45) is 11.8 Å². The van der Waals surface area contributed by atoms with Crippen molar-refractivity contribution in [1.29, 1.82) is 0 Å². The summed E-state index contributed by atoms with van der Waals surface area (Å²) >= 11 is 8.16. The monoisotopic (exact) mass is 309 g/mol. The molecule has 0 saturated heterocycles. The van der Waals surface area contributed by atoms with Gasteiger partial charge in [0.1, 0.15) is 0 Å². The first-order chi connectivity index (χ1) is 9.63. The lowest BCUT2D eigenvalue weighted by Crippen LogP contribution is -2.39. The van der Waals surface area contributed by atoms with Crippen LogP contribution in [0.15, 0.2) is 23.1 Å². The average molecular weight is 310 g/mol. The molecule has 110 valence electrons.